The molecule has 0 amide bonds. The number of ether oxygens (including phenoxy) is 3. The highest BCUT2D eigenvalue weighted by Crippen LogP contribution is 2.40. The van der Waals surface area contributed by atoms with E-state index in [9.17, 15) is 27.2 Å². The van der Waals surface area contributed by atoms with Crippen LogP contribution in [0.15, 0.2) is 24.8 Å². The number of halogens is 4. The lowest BCUT2D eigenvalue weighted by molar-refractivity contribution is -0.242. The monoisotopic (exact) mass is 374 g/mol. The van der Waals surface area contributed by atoms with E-state index in [0.29, 0.717) is 0 Å². The maximum absolute atomic E-state index is 13.1. The number of carbonyl (C=O) groups excluding carboxylic acids is 2. The predicted octanol–water partition coefficient (Wildman–Crippen LogP) is 3.12. The van der Waals surface area contributed by atoms with Crippen LogP contribution in [-0.2, 0) is 23.8 Å². The minimum absolute atomic E-state index is 0.103. The summed E-state index contributed by atoms with van der Waals surface area (Å²) in [6, 6.07) is 0. The third-order valence-corrected chi connectivity index (χ3v) is 2.90. The van der Waals surface area contributed by atoms with Crippen LogP contribution in [0.25, 0.3) is 0 Å². The van der Waals surface area contributed by atoms with Crippen LogP contribution in [0, 0.1) is 0 Å². The van der Waals surface area contributed by atoms with Gasteiger partial charge in [0.25, 0.3) is 0 Å². The molecule has 0 saturated carbocycles. The largest absolute Gasteiger partial charge is 0.457 e. The molecule has 5 nitrogen and oxygen atoms in total. The van der Waals surface area contributed by atoms with E-state index in [-0.39, 0.29) is 12.2 Å². The Morgan fingerprint density at radius 2 is 1.79 bits per heavy atom. The van der Waals surface area contributed by atoms with Crippen LogP contribution in [0.5, 0.6) is 0 Å². The van der Waals surface area contributed by atoms with Crippen LogP contribution in [0.1, 0.15) is 20.3 Å². The van der Waals surface area contributed by atoms with E-state index in [1.165, 1.54) is 13.0 Å². The van der Waals surface area contributed by atoms with Gasteiger partial charge in [0.05, 0.1) is 6.61 Å². The van der Waals surface area contributed by atoms with Gasteiger partial charge in [0.1, 0.15) is 6.61 Å². The summed E-state index contributed by atoms with van der Waals surface area (Å²) in [5.74, 6) is -9.20. The standard InChI is InChI=1S/C14H18F4O5S/c1-5-7-21-11(20)12(4,23-10(19)9(2)3)22-8-6-13(15,16)14(17,18)24/h5,24H,1-2,6-8H2,3-4H3. The smallest absolute Gasteiger partial charge is 0.379 e. The Bertz CT molecular complexity index is 504. The van der Waals surface area contributed by atoms with Crippen molar-refractivity contribution in [3.05, 3.63) is 24.8 Å². The topological polar surface area (TPSA) is 61.8 Å². The van der Waals surface area contributed by atoms with Crippen LogP contribution < -0.4 is 0 Å². The summed E-state index contributed by atoms with van der Waals surface area (Å²) in [7, 11) is 0. The van der Waals surface area contributed by atoms with Crippen LogP contribution in [-0.4, -0.2) is 42.1 Å². The molecule has 0 aromatic rings. The van der Waals surface area contributed by atoms with E-state index in [4.69, 9.17) is 9.47 Å². The van der Waals surface area contributed by atoms with Crippen LogP contribution in [0.4, 0.5) is 17.6 Å². The molecular weight excluding hydrogens is 356 g/mol. The third kappa shape index (κ3) is 6.52. The Kier molecular flexibility index (Phi) is 7.97. The van der Waals surface area contributed by atoms with Gasteiger partial charge in [-0.3, -0.25) is 0 Å². The Balaban J connectivity index is 5.07. The highest BCUT2D eigenvalue weighted by Gasteiger charge is 2.53. The van der Waals surface area contributed by atoms with Crippen molar-refractivity contribution in [1.29, 1.82) is 0 Å². The van der Waals surface area contributed by atoms with Gasteiger partial charge in [-0.2, -0.15) is 17.6 Å². The van der Waals surface area contributed by atoms with Gasteiger partial charge in [-0.25, -0.2) is 9.59 Å². The van der Waals surface area contributed by atoms with Gasteiger partial charge < -0.3 is 14.2 Å². The Morgan fingerprint density at radius 3 is 2.21 bits per heavy atom. The maximum atomic E-state index is 13.1. The molecule has 0 rings (SSSR count). The summed E-state index contributed by atoms with van der Waals surface area (Å²) < 4.78 is 65.7. The molecule has 0 saturated heterocycles. The van der Waals surface area contributed by atoms with Crippen molar-refractivity contribution in [3.63, 3.8) is 0 Å². The number of alkyl halides is 4. The number of esters is 2. The molecule has 0 aliphatic rings. The number of thiol groups is 1. The van der Waals surface area contributed by atoms with E-state index >= 15 is 0 Å². The molecule has 1 unspecified atom stereocenters. The normalized spacial score (nSPS) is 14.5. The molecule has 0 spiro atoms. The summed E-state index contributed by atoms with van der Waals surface area (Å²) in [4.78, 5) is 23.4. The van der Waals surface area contributed by atoms with Gasteiger partial charge in [0.15, 0.2) is 0 Å². The molecule has 10 heteroatoms. The minimum atomic E-state index is -4.58. The van der Waals surface area contributed by atoms with Crippen molar-refractivity contribution in [2.75, 3.05) is 13.2 Å². The van der Waals surface area contributed by atoms with Crippen molar-refractivity contribution < 1.29 is 41.4 Å². The van der Waals surface area contributed by atoms with Crippen molar-refractivity contribution in [2.24, 2.45) is 0 Å². The number of carbonyl (C=O) groups is 2. The van der Waals surface area contributed by atoms with Gasteiger partial charge in [-0.1, -0.05) is 31.9 Å². The lowest BCUT2D eigenvalue weighted by Gasteiger charge is -2.28. The molecule has 0 aromatic heterocycles. The summed E-state index contributed by atoms with van der Waals surface area (Å²) in [6.07, 6.45) is -0.271. The van der Waals surface area contributed by atoms with Gasteiger partial charge in [0.2, 0.25) is 0 Å². The molecule has 0 heterocycles. The Hall–Kier alpha value is -1.55. The lowest BCUT2D eigenvalue weighted by atomic mass is 10.2. The van der Waals surface area contributed by atoms with Crippen LogP contribution in [0.3, 0.4) is 0 Å². The molecule has 138 valence electrons. The van der Waals surface area contributed by atoms with Gasteiger partial charge >= 0.3 is 28.9 Å². The second-order valence-corrected chi connectivity index (χ2v) is 5.41. The zero-order chi connectivity index (χ0) is 19.2. The highest BCUT2D eigenvalue weighted by molar-refractivity contribution is 7.81. The molecule has 0 bridgehead atoms. The molecule has 1 atom stereocenters. The number of rotatable bonds is 10. The maximum Gasteiger partial charge on any atom is 0.379 e. The second-order valence-electron chi connectivity index (χ2n) is 4.85. The minimum Gasteiger partial charge on any atom is -0.457 e. The fraction of sp³-hybridized carbons (Fsp3) is 0.571. The molecule has 0 N–H and O–H groups in total. The van der Waals surface area contributed by atoms with E-state index < -0.39 is 41.9 Å². The SMILES string of the molecule is C=CCOC(=O)C(C)(OCCC(F)(F)C(F)(F)S)OC(=O)C(=C)C. The number of hydrogen-bond donors (Lipinski definition) is 1. The van der Waals surface area contributed by atoms with Crippen molar-refractivity contribution in [2.45, 2.75) is 37.2 Å². The first-order valence-corrected chi connectivity index (χ1v) is 7.00. The fourth-order valence-electron chi connectivity index (χ4n) is 1.18. The first kappa shape index (κ1) is 22.4. The summed E-state index contributed by atoms with van der Waals surface area (Å²) in [5.41, 5.74) is -0.103. The average Bonchev–Trinajstić information content (AvgIpc) is 2.42. The highest BCUT2D eigenvalue weighted by atomic mass is 32.1. The third-order valence-electron chi connectivity index (χ3n) is 2.57. The van der Waals surface area contributed by atoms with Crippen molar-refractivity contribution in [1.82, 2.24) is 0 Å². The fourth-order valence-corrected chi connectivity index (χ4v) is 1.30. The second kappa shape index (κ2) is 8.52. The predicted molar refractivity (Wildman–Crippen MR) is 79.9 cm³/mol. The first-order chi connectivity index (χ1) is 10.8. The summed E-state index contributed by atoms with van der Waals surface area (Å²) in [5, 5.41) is -4.58. The summed E-state index contributed by atoms with van der Waals surface area (Å²) in [6.45, 7) is 7.47. The van der Waals surface area contributed by atoms with Gasteiger partial charge in [-0.15, -0.1) is 0 Å². The summed E-state index contributed by atoms with van der Waals surface area (Å²) >= 11 is 2.51. The Labute approximate surface area is 142 Å². The zero-order valence-corrected chi connectivity index (χ0v) is 14.0. The molecule has 0 radical (unpaired) electrons. The zero-order valence-electron chi connectivity index (χ0n) is 13.1. The molecule has 0 aromatic carbocycles. The molecular formula is C14H18F4O5S. The molecule has 0 aliphatic carbocycles. The van der Waals surface area contributed by atoms with E-state index in [1.807, 2.05) is 0 Å². The van der Waals surface area contributed by atoms with E-state index in [0.717, 1.165) is 6.92 Å². The van der Waals surface area contributed by atoms with Crippen LogP contribution >= 0.6 is 12.6 Å². The van der Waals surface area contributed by atoms with Crippen LogP contribution in [0.2, 0.25) is 0 Å². The van der Waals surface area contributed by atoms with Gasteiger partial charge in [0, 0.05) is 18.9 Å². The Morgan fingerprint density at radius 1 is 1.25 bits per heavy atom. The first-order valence-electron chi connectivity index (χ1n) is 6.56. The van der Waals surface area contributed by atoms with Crippen molar-refractivity contribution >= 4 is 24.6 Å². The quantitative estimate of drug-likeness (QED) is 0.159. The molecule has 0 aliphatic heterocycles. The molecule has 24 heavy (non-hydrogen) atoms. The molecule has 0 fully saturated rings. The van der Waals surface area contributed by atoms with Gasteiger partial charge in [-0.05, 0) is 6.92 Å². The van der Waals surface area contributed by atoms with E-state index in [1.54, 1.807) is 0 Å². The lowest BCUT2D eigenvalue weighted by Crippen LogP contribution is -2.46. The van der Waals surface area contributed by atoms with Crippen molar-refractivity contribution in [3.8, 4) is 0 Å². The number of hydrogen-bond acceptors (Lipinski definition) is 6. The average molecular weight is 374 g/mol. The van der Waals surface area contributed by atoms with E-state index in [2.05, 4.69) is 30.5 Å².